The molecule has 0 heterocycles. The number of anilines is 1. The average Bonchev–Trinajstić information content (AvgIpc) is 3.34. The molecule has 0 bridgehead atoms. The standard InChI is InChI=1S/C25H28Cl5N3O4S/c1-3-22(25(35)31-15-7-4-5-8-15)32(13-16-17(26)9-6-10-18(16)27)24(34)14-33(38(2,36)37)23-12-20(29)19(28)11-21(23)30/h6,9-12,15,22H,3-5,7-8,13-14H2,1-2H3,(H,31,35)/t22-/m1/s1. The summed E-state index contributed by atoms with van der Waals surface area (Å²) in [6.07, 6.45) is 4.99. The molecule has 0 radical (unpaired) electrons. The molecule has 0 spiro atoms. The van der Waals surface area contributed by atoms with Crippen LogP contribution in [0.2, 0.25) is 25.1 Å². The molecule has 0 unspecified atom stereocenters. The fraction of sp³-hybridized carbons (Fsp3) is 0.440. The molecule has 1 fully saturated rings. The van der Waals surface area contributed by atoms with Crippen LogP contribution in [0.4, 0.5) is 5.69 Å². The summed E-state index contributed by atoms with van der Waals surface area (Å²) >= 11 is 31.2. The molecular weight excluding hydrogens is 616 g/mol. The van der Waals surface area contributed by atoms with Gasteiger partial charge in [0.25, 0.3) is 0 Å². The Kier molecular flexibility index (Phi) is 10.9. The lowest BCUT2D eigenvalue weighted by Gasteiger charge is -2.34. The molecule has 208 valence electrons. The summed E-state index contributed by atoms with van der Waals surface area (Å²) in [6, 6.07) is 6.63. The zero-order valence-corrected chi connectivity index (χ0v) is 25.4. The monoisotopic (exact) mass is 641 g/mol. The minimum Gasteiger partial charge on any atom is -0.352 e. The number of carbonyl (C=O) groups excluding carboxylic acids is 2. The Morgan fingerprint density at radius 3 is 2.11 bits per heavy atom. The molecule has 1 aliphatic rings. The number of nitrogens with zero attached hydrogens (tertiary/aromatic N) is 2. The number of carbonyl (C=O) groups is 2. The molecule has 2 amide bonds. The maximum Gasteiger partial charge on any atom is 0.244 e. The van der Waals surface area contributed by atoms with Crippen molar-refractivity contribution in [2.75, 3.05) is 17.1 Å². The highest BCUT2D eigenvalue weighted by molar-refractivity contribution is 7.92. The molecular formula is C25H28Cl5N3O4S. The number of halogens is 5. The molecule has 2 aromatic carbocycles. The Morgan fingerprint density at radius 2 is 1.55 bits per heavy atom. The highest BCUT2D eigenvalue weighted by Gasteiger charge is 2.34. The van der Waals surface area contributed by atoms with E-state index in [-0.39, 0.29) is 45.7 Å². The Morgan fingerprint density at radius 1 is 0.974 bits per heavy atom. The van der Waals surface area contributed by atoms with Crippen LogP contribution in [-0.2, 0) is 26.2 Å². The van der Waals surface area contributed by atoms with Gasteiger partial charge in [0.15, 0.2) is 0 Å². The van der Waals surface area contributed by atoms with E-state index in [1.165, 1.54) is 17.0 Å². The first-order valence-electron chi connectivity index (χ1n) is 12.0. The zero-order chi connectivity index (χ0) is 28.2. The van der Waals surface area contributed by atoms with Crippen LogP contribution in [0.5, 0.6) is 0 Å². The van der Waals surface area contributed by atoms with Gasteiger partial charge in [-0.1, -0.05) is 83.8 Å². The van der Waals surface area contributed by atoms with E-state index in [0.717, 1.165) is 36.2 Å². The molecule has 1 atom stereocenters. The minimum absolute atomic E-state index is 0.00987. The fourth-order valence-corrected chi connectivity index (χ4v) is 6.50. The lowest BCUT2D eigenvalue weighted by Crippen LogP contribution is -2.53. The average molecular weight is 644 g/mol. The minimum atomic E-state index is -4.01. The smallest absolute Gasteiger partial charge is 0.244 e. The molecule has 38 heavy (non-hydrogen) atoms. The van der Waals surface area contributed by atoms with E-state index in [1.54, 1.807) is 25.1 Å². The second-order valence-corrected chi connectivity index (χ2v) is 13.1. The summed E-state index contributed by atoms with van der Waals surface area (Å²) in [5, 5.41) is 3.85. The number of benzene rings is 2. The summed E-state index contributed by atoms with van der Waals surface area (Å²) in [5.41, 5.74) is 0.422. The first-order valence-corrected chi connectivity index (χ1v) is 15.7. The lowest BCUT2D eigenvalue weighted by molar-refractivity contribution is -0.140. The number of sulfonamides is 1. The van der Waals surface area contributed by atoms with Crippen molar-refractivity contribution in [1.29, 1.82) is 0 Å². The normalized spacial score (nSPS) is 14.8. The van der Waals surface area contributed by atoms with E-state index < -0.39 is 28.5 Å². The van der Waals surface area contributed by atoms with Gasteiger partial charge < -0.3 is 10.2 Å². The van der Waals surface area contributed by atoms with Crippen LogP contribution in [0, 0.1) is 0 Å². The van der Waals surface area contributed by atoms with Gasteiger partial charge in [0.1, 0.15) is 12.6 Å². The fourth-order valence-electron chi connectivity index (χ4n) is 4.44. The van der Waals surface area contributed by atoms with E-state index in [1.807, 2.05) is 0 Å². The van der Waals surface area contributed by atoms with Crippen LogP contribution in [0.15, 0.2) is 30.3 Å². The molecule has 1 aliphatic carbocycles. The van der Waals surface area contributed by atoms with Crippen LogP contribution in [0.25, 0.3) is 0 Å². The number of hydrogen-bond acceptors (Lipinski definition) is 4. The van der Waals surface area contributed by atoms with Crippen LogP contribution in [0.1, 0.15) is 44.6 Å². The topological polar surface area (TPSA) is 86.8 Å². The van der Waals surface area contributed by atoms with Gasteiger partial charge in [-0.05, 0) is 43.5 Å². The van der Waals surface area contributed by atoms with Crippen LogP contribution >= 0.6 is 58.0 Å². The highest BCUT2D eigenvalue weighted by Crippen LogP contribution is 2.36. The van der Waals surface area contributed by atoms with Gasteiger partial charge in [0, 0.05) is 28.2 Å². The van der Waals surface area contributed by atoms with Crippen molar-refractivity contribution in [3.63, 3.8) is 0 Å². The summed E-state index contributed by atoms with van der Waals surface area (Å²) < 4.78 is 26.5. The predicted octanol–water partition coefficient (Wildman–Crippen LogP) is 6.59. The number of amides is 2. The second-order valence-electron chi connectivity index (χ2n) is 9.12. The third-order valence-corrected chi connectivity index (χ3v) is 9.27. The van der Waals surface area contributed by atoms with Crippen molar-refractivity contribution in [2.24, 2.45) is 0 Å². The largest absolute Gasteiger partial charge is 0.352 e. The molecule has 1 N–H and O–H groups in total. The van der Waals surface area contributed by atoms with Gasteiger partial charge >= 0.3 is 0 Å². The van der Waals surface area contributed by atoms with Gasteiger partial charge in [-0.15, -0.1) is 0 Å². The van der Waals surface area contributed by atoms with Crippen molar-refractivity contribution < 1.29 is 18.0 Å². The number of rotatable bonds is 10. The van der Waals surface area contributed by atoms with Crippen molar-refractivity contribution >= 4 is 85.5 Å². The van der Waals surface area contributed by atoms with Crippen molar-refractivity contribution in [2.45, 2.75) is 57.7 Å². The van der Waals surface area contributed by atoms with Gasteiger partial charge in [-0.2, -0.15) is 0 Å². The van der Waals surface area contributed by atoms with Gasteiger partial charge in [-0.3, -0.25) is 13.9 Å². The molecule has 7 nitrogen and oxygen atoms in total. The Labute approximate surface area is 248 Å². The van der Waals surface area contributed by atoms with E-state index >= 15 is 0 Å². The maximum absolute atomic E-state index is 13.9. The third kappa shape index (κ3) is 7.61. The zero-order valence-electron chi connectivity index (χ0n) is 20.8. The molecule has 2 aromatic rings. The van der Waals surface area contributed by atoms with Crippen molar-refractivity contribution in [1.82, 2.24) is 10.2 Å². The Bertz CT molecular complexity index is 1280. The van der Waals surface area contributed by atoms with E-state index in [2.05, 4.69) is 5.32 Å². The van der Waals surface area contributed by atoms with Crippen molar-refractivity contribution in [3.8, 4) is 0 Å². The van der Waals surface area contributed by atoms with Crippen LogP contribution in [0.3, 0.4) is 0 Å². The van der Waals surface area contributed by atoms with Gasteiger partial charge in [-0.25, -0.2) is 8.42 Å². The first kappa shape index (κ1) is 31.1. The lowest BCUT2D eigenvalue weighted by atomic mass is 10.1. The molecule has 0 aliphatic heterocycles. The summed E-state index contributed by atoms with van der Waals surface area (Å²) in [5.74, 6) is -0.976. The Hall–Kier alpha value is -1.42. The van der Waals surface area contributed by atoms with E-state index in [0.29, 0.717) is 15.6 Å². The molecule has 3 rings (SSSR count). The molecule has 1 saturated carbocycles. The quantitative estimate of drug-likeness (QED) is 0.296. The van der Waals surface area contributed by atoms with Gasteiger partial charge in [0.05, 0.1) is 27.0 Å². The number of hydrogen-bond donors (Lipinski definition) is 1. The maximum atomic E-state index is 13.9. The molecule has 13 heteroatoms. The highest BCUT2D eigenvalue weighted by atomic mass is 35.5. The SMILES string of the molecule is CC[C@H](C(=O)NC1CCCC1)N(Cc1c(Cl)cccc1Cl)C(=O)CN(c1cc(Cl)c(Cl)cc1Cl)S(C)(=O)=O. The van der Waals surface area contributed by atoms with E-state index in [9.17, 15) is 18.0 Å². The third-order valence-electron chi connectivity index (χ3n) is 6.42. The predicted molar refractivity (Wildman–Crippen MR) is 155 cm³/mol. The summed E-state index contributed by atoms with van der Waals surface area (Å²) in [6.45, 7) is 1.02. The Balaban J connectivity index is 2.01. The first-order chi connectivity index (χ1) is 17.8. The molecule has 0 aromatic heterocycles. The summed E-state index contributed by atoms with van der Waals surface area (Å²) in [4.78, 5) is 28.5. The molecule has 0 saturated heterocycles. The van der Waals surface area contributed by atoms with Crippen LogP contribution in [-0.4, -0.2) is 50.0 Å². The second kappa shape index (κ2) is 13.3. The summed E-state index contributed by atoms with van der Waals surface area (Å²) in [7, 11) is -4.01. The van der Waals surface area contributed by atoms with Crippen LogP contribution < -0.4 is 9.62 Å². The van der Waals surface area contributed by atoms with E-state index in [4.69, 9.17) is 58.0 Å². The van der Waals surface area contributed by atoms with Crippen molar-refractivity contribution in [3.05, 3.63) is 61.0 Å². The van der Waals surface area contributed by atoms with Gasteiger partial charge in [0.2, 0.25) is 21.8 Å². The number of nitrogens with one attached hydrogen (secondary N) is 1.